The van der Waals surface area contributed by atoms with E-state index in [0.29, 0.717) is 22.4 Å². The van der Waals surface area contributed by atoms with E-state index in [0.717, 1.165) is 25.9 Å². The third kappa shape index (κ3) is 4.60. The molecule has 7 heteroatoms. The highest BCUT2D eigenvalue weighted by molar-refractivity contribution is 7.17. The molecule has 0 atom stereocenters. The maximum Gasteiger partial charge on any atom is 0.261 e. The van der Waals surface area contributed by atoms with Crippen LogP contribution >= 0.6 is 35.3 Å². The molecule has 0 spiro atoms. The number of thiophene rings is 1. The number of carbonyl (C=O) groups is 1. The monoisotopic (exact) mass is 338 g/mol. The SMILES string of the molecule is COCC1(CNC(=O)c2ccc(Cl)s2)CCNCC1.Cl. The Bertz CT molecular complexity index is 428. The molecule has 2 N–H and O–H groups in total. The Morgan fingerprint density at radius 1 is 1.50 bits per heavy atom. The van der Waals surface area contributed by atoms with Crippen LogP contribution in [-0.2, 0) is 4.74 Å². The molecule has 0 unspecified atom stereocenters. The van der Waals surface area contributed by atoms with E-state index < -0.39 is 0 Å². The number of hydrogen-bond donors (Lipinski definition) is 2. The molecule has 0 radical (unpaired) electrons. The molecule has 2 rings (SSSR count). The van der Waals surface area contributed by atoms with Crippen molar-refractivity contribution in [2.45, 2.75) is 12.8 Å². The standard InChI is InChI=1S/C13H19ClN2O2S.ClH/c1-18-9-13(4-6-15-7-5-13)8-16-12(17)10-2-3-11(14)19-10;/h2-3,15H,4-9H2,1H3,(H,16,17);1H. The summed E-state index contributed by atoms with van der Waals surface area (Å²) in [4.78, 5) is 12.7. The number of rotatable bonds is 5. The Kier molecular flexibility index (Phi) is 7.26. The average molecular weight is 339 g/mol. The molecule has 0 aliphatic carbocycles. The van der Waals surface area contributed by atoms with Gasteiger partial charge < -0.3 is 15.4 Å². The zero-order valence-corrected chi connectivity index (χ0v) is 13.8. The van der Waals surface area contributed by atoms with Crippen LogP contribution in [0.3, 0.4) is 0 Å². The lowest BCUT2D eigenvalue weighted by Gasteiger charge is -2.37. The first-order chi connectivity index (χ1) is 9.15. The van der Waals surface area contributed by atoms with Crippen molar-refractivity contribution in [1.29, 1.82) is 0 Å². The lowest BCUT2D eigenvalue weighted by molar-refractivity contribution is 0.0512. The fourth-order valence-corrected chi connectivity index (χ4v) is 3.39. The fraction of sp³-hybridized carbons (Fsp3) is 0.615. The maximum atomic E-state index is 12.0. The van der Waals surface area contributed by atoms with Crippen molar-refractivity contribution in [3.05, 3.63) is 21.3 Å². The van der Waals surface area contributed by atoms with Gasteiger partial charge in [-0.25, -0.2) is 0 Å². The molecule has 1 aromatic heterocycles. The normalized spacial score (nSPS) is 17.3. The number of ether oxygens (including phenoxy) is 1. The highest BCUT2D eigenvalue weighted by Gasteiger charge is 2.32. The van der Waals surface area contributed by atoms with Crippen LogP contribution in [0.2, 0.25) is 4.34 Å². The van der Waals surface area contributed by atoms with Crippen LogP contribution in [0.5, 0.6) is 0 Å². The summed E-state index contributed by atoms with van der Waals surface area (Å²) >= 11 is 7.15. The second kappa shape index (κ2) is 8.20. The van der Waals surface area contributed by atoms with Crippen molar-refractivity contribution < 1.29 is 9.53 Å². The molecule has 114 valence electrons. The van der Waals surface area contributed by atoms with E-state index in [-0.39, 0.29) is 23.7 Å². The van der Waals surface area contributed by atoms with Crippen molar-refractivity contribution >= 4 is 41.3 Å². The van der Waals surface area contributed by atoms with Crippen molar-refractivity contribution in [3.8, 4) is 0 Å². The van der Waals surface area contributed by atoms with Gasteiger partial charge in [0.05, 0.1) is 15.8 Å². The number of carbonyl (C=O) groups excluding carboxylic acids is 1. The van der Waals surface area contributed by atoms with Crippen molar-refractivity contribution in [2.24, 2.45) is 5.41 Å². The van der Waals surface area contributed by atoms with Crippen LogP contribution in [0.4, 0.5) is 0 Å². The number of hydrogen-bond acceptors (Lipinski definition) is 4. The zero-order valence-electron chi connectivity index (χ0n) is 11.4. The van der Waals surface area contributed by atoms with E-state index in [9.17, 15) is 4.79 Å². The zero-order chi connectivity index (χ0) is 13.7. The number of amides is 1. The molecular weight excluding hydrogens is 319 g/mol. The minimum Gasteiger partial charge on any atom is -0.384 e. The Morgan fingerprint density at radius 3 is 2.75 bits per heavy atom. The van der Waals surface area contributed by atoms with Crippen molar-refractivity contribution in [1.82, 2.24) is 10.6 Å². The van der Waals surface area contributed by atoms with Gasteiger partial charge in [-0.1, -0.05) is 11.6 Å². The lowest BCUT2D eigenvalue weighted by atomic mass is 9.79. The van der Waals surface area contributed by atoms with E-state index in [4.69, 9.17) is 16.3 Å². The van der Waals surface area contributed by atoms with E-state index in [2.05, 4.69) is 10.6 Å². The second-order valence-corrected chi connectivity index (χ2v) is 6.68. The van der Waals surface area contributed by atoms with Crippen LogP contribution in [0.25, 0.3) is 0 Å². The Balaban J connectivity index is 0.00000200. The Labute approximate surface area is 134 Å². The van der Waals surface area contributed by atoms with Crippen LogP contribution in [0.1, 0.15) is 22.5 Å². The molecular formula is C13H20Cl2N2O2S. The van der Waals surface area contributed by atoms with Gasteiger partial charge in [-0.2, -0.15) is 0 Å². The topological polar surface area (TPSA) is 50.4 Å². The molecule has 1 saturated heterocycles. The van der Waals surface area contributed by atoms with Crippen molar-refractivity contribution in [3.63, 3.8) is 0 Å². The highest BCUT2D eigenvalue weighted by atomic mass is 35.5. The molecule has 1 aromatic rings. The lowest BCUT2D eigenvalue weighted by Crippen LogP contribution is -2.47. The smallest absolute Gasteiger partial charge is 0.261 e. The van der Waals surface area contributed by atoms with Gasteiger partial charge in [-0.3, -0.25) is 4.79 Å². The fourth-order valence-electron chi connectivity index (χ4n) is 2.43. The Morgan fingerprint density at radius 2 is 2.20 bits per heavy atom. The predicted molar refractivity (Wildman–Crippen MR) is 85.3 cm³/mol. The third-order valence-electron chi connectivity index (χ3n) is 3.54. The van der Waals surface area contributed by atoms with Gasteiger partial charge >= 0.3 is 0 Å². The quantitative estimate of drug-likeness (QED) is 0.867. The van der Waals surface area contributed by atoms with Gasteiger partial charge in [0.25, 0.3) is 5.91 Å². The van der Waals surface area contributed by atoms with Crippen LogP contribution in [-0.4, -0.2) is 39.3 Å². The molecule has 2 heterocycles. The summed E-state index contributed by atoms with van der Waals surface area (Å²) in [5, 5.41) is 6.35. The van der Waals surface area contributed by atoms with E-state index >= 15 is 0 Å². The molecule has 0 aromatic carbocycles. The summed E-state index contributed by atoms with van der Waals surface area (Å²) in [5.74, 6) is -0.0501. The van der Waals surface area contributed by atoms with E-state index in [1.54, 1.807) is 19.2 Å². The van der Waals surface area contributed by atoms with Gasteiger partial charge in [0, 0.05) is 19.1 Å². The summed E-state index contributed by atoms with van der Waals surface area (Å²) in [6.07, 6.45) is 2.04. The predicted octanol–water partition coefficient (Wildman–Crippen LogP) is 2.57. The number of methoxy groups -OCH3 is 1. The molecule has 0 bridgehead atoms. The molecule has 1 aliphatic heterocycles. The molecule has 4 nitrogen and oxygen atoms in total. The van der Waals surface area contributed by atoms with Gasteiger partial charge in [0.1, 0.15) is 0 Å². The molecule has 1 amide bonds. The first kappa shape index (κ1) is 17.7. The first-order valence-corrected chi connectivity index (χ1v) is 7.58. The third-order valence-corrected chi connectivity index (χ3v) is 4.77. The van der Waals surface area contributed by atoms with Crippen LogP contribution in [0, 0.1) is 5.41 Å². The minimum absolute atomic E-state index is 0. The largest absolute Gasteiger partial charge is 0.384 e. The summed E-state index contributed by atoms with van der Waals surface area (Å²) in [5.41, 5.74) is 0.0523. The summed E-state index contributed by atoms with van der Waals surface area (Å²) in [7, 11) is 1.71. The van der Waals surface area contributed by atoms with Gasteiger partial charge in [-0.15, -0.1) is 23.7 Å². The second-order valence-electron chi connectivity index (χ2n) is 4.97. The molecule has 1 aliphatic rings. The number of piperidine rings is 1. The minimum atomic E-state index is -0.0501. The average Bonchev–Trinajstić information content (AvgIpc) is 2.84. The summed E-state index contributed by atoms with van der Waals surface area (Å²) in [6, 6.07) is 3.50. The first-order valence-electron chi connectivity index (χ1n) is 6.38. The van der Waals surface area contributed by atoms with Gasteiger partial charge in [-0.05, 0) is 38.1 Å². The summed E-state index contributed by atoms with van der Waals surface area (Å²) < 4.78 is 5.97. The van der Waals surface area contributed by atoms with Crippen LogP contribution < -0.4 is 10.6 Å². The van der Waals surface area contributed by atoms with E-state index in [1.165, 1.54) is 11.3 Å². The highest BCUT2D eigenvalue weighted by Crippen LogP contribution is 2.28. The number of halogens is 2. The van der Waals surface area contributed by atoms with Gasteiger partial charge in [0.15, 0.2) is 0 Å². The van der Waals surface area contributed by atoms with Crippen molar-refractivity contribution in [2.75, 3.05) is 33.4 Å². The van der Waals surface area contributed by atoms with E-state index in [1.807, 2.05) is 0 Å². The summed E-state index contributed by atoms with van der Waals surface area (Å²) in [6.45, 7) is 3.28. The number of nitrogens with one attached hydrogen (secondary N) is 2. The molecule has 20 heavy (non-hydrogen) atoms. The molecule has 1 fully saturated rings. The van der Waals surface area contributed by atoms with Crippen LogP contribution in [0.15, 0.2) is 12.1 Å². The molecule has 0 saturated carbocycles. The Hall–Kier alpha value is -0.330. The maximum absolute atomic E-state index is 12.0. The van der Waals surface area contributed by atoms with Gasteiger partial charge in [0.2, 0.25) is 0 Å².